The summed E-state index contributed by atoms with van der Waals surface area (Å²) in [7, 11) is 1.82. The molecule has 1 heterocycles. The van der Waals surface area contributed by atoms with Crippen LogP contribution in [0, 0.1) is 5.41 Å². The minimum absolute atomic E-state index is 0.252. The molecule has 0 saturated carbocycles. The first-order valence-electron chi connectivity index (χ1n) is 8.04. The van der Waals surface area contributed by atoms with Crippen molar-refractivity contribution >= 4 is 27.9 Å². The van der Waals surface area contributed by atoms with Crippen LogP contribution in [0.4, 0.5) is 18.9 Å². The van der Waals surface area contributed by atoms with Gasteiger partial charge in [-0.3, -0.25) is 0 Å². The number of anilines is 1. The van der Waals surface area contributed by atoms with Gasteiger partial charge in [-0.25, -0.2) is 0 Å². The van der Waals surface area contributed by atoms with Crippen LogP contribution in [0.1, 0.15) is 24.5 Å². The fourth-order valence-corrected chi connectivity index (χ4v) is 4.19. The molecule has 25 heavy (non-hydrogen) atoms. The van der Waals surface area contributed by atoms with E-state index in [1.807, 2.05) is 66.5 Å². The van der Waals surface area contributed by atoms with Crippen LogP contribution in [0.15, 0.2) is 54.6 Å². The van der Waals surface area contributed by atoms with Gasteiger partial charge in [-0.05, 0) is 17.2 Å². The highest BCUT2D eigenvalue weighted by Gasteiger charge is 2.46. The van der Waals surface area contributed by atoms with Crippen molar-refractivity contribution < 1.29 is 13.2 Å². The highest BCUT2D eigenvalue weighted by Crippen LogP contribution is 2.53. The molecule has 1 aliphatic heterocycles. The Bertz CT molecular complexity index is 798. The standard InChI is InChI=1S/C20H19ClF3N/c1-19(12-20(22,23)24)13-25(2)16-11-7-6-10-15(16)17(19)18(21)14-8-4-3-5-9-14/h3-11H,12-13H2,1-2H3/b18-17-. The molecule has 1 atom stereocenters. The lowest BCUT2D eigenvalue weighted by molar-refractivity contribution is -0.149. The number of nitrogens with zero attached hydrogens (tertiary/aromatic N) is 1. The molecular weight excluding hydrogens is 347 g/mol. The Morgan fingerprint density at radius 2 is 1.68 bits per heavy atom. The number of hydrogen-bond acceptors (Lipinski definition) is 1. The summed E-state index contributed by atoms with van der Waals surface area (Å²) in [5, 5.41) is 0.382. The average molecular weight is 366 g/mol. The molecule has 0 bridgehead atoms. The molecular formula is C20H19ClF3N. The van der Waals surface area contributed by atoms with E-state index in [9.17, 15) is 13.2 Å². The maximum atomic E-state index is 13.3. The van der Waals surface area contributed by atoms with E-state index in [1.165, 1.54) is 0 Å². The van der Waals surface area contributed by atoms with E-state index in [-0.39, 0.29) is 6.54 Å². The second-order valence-corrected chi connectivity index (χ2v) is 7.16. The maximum absolute atomic E-state index is 13.3. The van der Waals surface area contributed by atoms with Gasteiger partial charge in [0.15, 0.2) is 0 Å². The maximum Gasteiger partial charge on any atom is 0.390 e. The molecule has 2 aromatic rings. The van der Waals surface area contributed by atoms with E-state index in [4.69, 9.17) is 11.6 Å². The second kappa shape index (κ2) is 6.41. The van der Waals surface area contributed by atoms with Crippen LogP contribution in [0.2, 0.25) is 0 Å². The summed E-state index contributed by atoms with van der Waals surface area (Å²) < 4.78 is 40.0. The lowest BCUT2D eigenvalue weighted by Gasteiger charge is -2.44. The van der Waals surface area contributed by atoms with Crippen molar-refractivity contribution in [1.82, 2.24) is 0 Å². The van der Waals surface area contributed by atoms with Gasteiger partial charge in [0.05, 0.1) is 11.5 Å². The Morgan fingerprint density at radius 3 is 2.32 bits per heavy atom. The molecule has 0 radical (unpaired) electrons. The molecule has 0 amide bonds. The SMILES string of the molecule is CN1CC(C)(CC(F)(F)F)/C(=C(\Cl)c2ccccc2)c2ccccc21. The first-order valence-corrected chi connectivity index (χ1v) is 8.42. The largest absolute Gasteiger partial charge is 0.390 e. The van der Waals surface area contributed by atoms with E-state index in [0.29, 0.717) is 10.6 Å². The zero-order chi connectivity index (χ0) is 18.2. The van der Waals surface area contributed by atoms with E-state index in [2.05, 4.69) is 0 Å². The summed E-state index contributed by atoms with van der Waals surface area (Å²) in [4.78, 5) is 1.87. The van der Waals surface area contributed by atoms with Crippen LogP contribution in [-0.4, -0.2) is 19.8 Å². The quantitative estimate of drug-likeness (QED) is 0.612. The van der Waals surface area contributed by atoms with Crippen LogP contribution < -0.4 is 4.90 Å². The molecule has 0 fully saturated rings. The van der Waals surface area contributed by atoms with Crippen molar-refractivity contribution in [3.05, 3.63) is 65.7 Å². The summed E-state index contributed by atoms with van der Waals surface area (Å²) in [5.74, 6) is 0. The Kier molecular flexibility index (Phi) is 4.58. The zero-order valence-corrected chi connectivity index (χ0v) is 14.8. The molecule has 0 aromatic heterocycles. The predicted molar refractivity (Wildman–Crippen MR) is 97.6 cm³/mol. The van der Waals surface area contributed by atoms with Crippen LogP contribution in [0.3, 0.4) is 0 Å². The molecule has 2 aromatic carbocycles. The van der Waals surface area contributed by atoms with Crippen LogP contribution in [0.25, 0.3) is 10.6 Å². The second-order valence-electron chi connectivity index (χ2n) is 6.78. The molecule has 0 aliphatic carbocycles. The molecule has 5 heteroatoms. The number of alkyl halides is 3. The lowest BCUT2D eigenvalue weighted by Crippen LogP contribution is -2.42. The number of rotatable bonds is 2. The smallest absolute Gasteiger partial charge is 0.373 e. The van der Waals surface area contributed by atoms with Crippen molar-refractivity contribution in [1.29, 1.82) is 0 Å². The van der Waals surface area contributed by atoms with Gasteiger partial charge in [0.2, 0.25) is 0 Å². The normalized spacial score (nSPS) is 22.6. The first-order chi connectivity index (χ1) is 11.7. The van der Waals surface area contributed by atoms with Gasteiger partial charge in [0, 0.05) is 30.3 Å². The highest BCUT2D eigenvalue weighted by molar-refractivity contribution is 6.53. The van der Waals surface area contributed by atoms with Crippen LogP contribution in [0.5, 0.6) is 0 Å². The Hall–Kier alpha value is -1.94. The third-order valence-electron chi connectivity index (χ3n) is 4.61. The van der Waals surface area contributed by atoms with Crippen molar-refractivity contribution in [3.8, 4) is 0 Å². The summed E-state index contributed by atoms with van der Waals surface area (Å²) >= 11 is 6.67. The van der Waals surface area contributed by atoms with Gasteiger partial charge < -0.3 is 4.90 Å². The van der Waals surface area contributed by atoms with Gasteiger partial charge in [0.1, 0.15) is 0 Å². The molecule has 132 valence electrons. The zero-order valence-electron chi connectivity index (χ0n) is 14.1. The van der Waals surface area contributed by atoms with Gasteiger partial charge in [-0.1, -0.05) is 67.1 Å². The molecule has 1 nitrogen and oxygen atoms in total. The van der Waals surface area contributed by atoms with E-state index >= 15 is 0 Å². The van der Waals surface area contributed by atoms with Crippen molar-refractivity contribution in [2.45, 2.75) is 19.5 Å². The molecule has 0 spiro atoms. The Morgan fingerprint density at radius 1 is 1.08 bits per heavy atom. The van der Waals surface area contributed by atoms with E-state index < -0.39 is 18.0 Å². The fraction of sp³-hybridized carbons (Fsp3) is 0.300. The van der Waals surface area contributed by atoms with Gasteiger partial charge >= 0.3 is 6.18 Å². The van der Waals surface area contributed by atoms with Gasteiger partial charge in [0.25, 0.3) is 0 Å². The van der Waals surface area contributed by atoms with Crippen molar-refractivity contribution in [2.24, 2.45) is 5.41 Å². The number of halogens is 4. The number of benzene rings is 2. The molecule has 3 rings (SSSR count). The molecule has 0 saturated heterocycles. The summed E-state index contributed by atoms with van der Waals surface area (Å²) in [6.45, 7) is 1.90. The van der Waals surface area contributed by atoms with Crippen LogP contribution in [-0.2, 0) is 0 Å². The summed E-state index contributed by atoms with van der Waals surface area (Å²) in [5.41, 5.74) is 1.82. The predicted octanol–water partition coefficient (Wildman–Crippen LogP) is 6.20. The topological polar surface area (TPSA) is 3.24 Å². The number of hydrogen-bond donors (Lipinski definition) is 0. The Labute approximate surface area is 150 Å². The van der Waals surface area contributed by atoms with Crippen LogP contribution >= 0.6 is 11.6 Å². The number of fused-ring (bicyclic) bond motifs is 1. The van der Waals surface area contributed by atoms with E-state index in [1.54, 1.807) is 6.92 Å². The summed E-state index contributed by atoms with van der Waals surface area (Å²) in [6.07, 6.45) is -5.20. The van der Waals surface area contributed by atoms with Crippen molar-refractivity contribution in [2.75, 3.05) is 18.5 Å². The fourth-order valence-electron chi connectivity index (χ4n) is 3.73. The number of para-hydroxylation sites is 1. The third kappa shape index (κ3) is 3.54. The summed E-state index contributed by atoms with van der Waals surface area (Å²) in [6, 6.07) is 16.7. The highest BCUT2D eigenvalue weighted by atomic mass is 35.5. The average Bonchev–Trinajstić information content (AvgIpc) is 2.53. The van der Waals surface area contributed by atoms with Gasteiger partial charge in [-0.2, -0.15) is 13.2 Å². The minimum atomic E-state index is -4.28. The van der Waals surface area contributed by atoms with Gasteiger partial charge in [-0.15, -0.1) is 0 Å². The Balaban J connectivity index is 2.26. The molecule has 1 aliphatic rings. The van der Waals surface area contributed by atoms with Crippen molar-refractivity contribution in [3.63, 3.8) is 0 Å². The lowest BCUT2D eigenvalue weighted by atomic mass is 9.71. The minimum Gasteiger partial charge on any atom is -0.373 e. The monoisotopic (exact) mass is 365 g/mol. The van der Waals surface area contributed by atoms with E-state index in [0.717, 1.165) is 16.8 Å². The third-order valence-corrected chi connectivity index (χ3v) is 5.02. The molecule has 1 unspecified atom stereocenters. The first kappa shape index (κ1) is 17.9. The molecule has 0 N–H and O–H groups in total.